The second-order valence-corrected chi connectivity index (χ2v) is 9.68. The number of benzene rings is 3. The Balaban J connectivity index is 1.95. The van der Waals surface area contributed by atoms with Crippen LogP contribution in [-0.4, -0.2) is 34.9 Å². The second kappa shape index (κ2) is 11.8. The minimum absolute atomic E-state index is 0.0303. The molecule has 0 radical (unpaired) electrons. The molecule has 184 valence electrons. The number of para-hydroxylation sites is 1. The summed E-state index contributed by atoms with van der Waals surface area (Å²) in [6.07, 6.45) is 0.290. The molecule has 3 aromatic carbocycles. The van der Waals surface area contributed by atoms with E-state index in [4.69, 9.17) is 16.3 Å². The third-order valence-electron chi connectivity index (χ3n) is 5.26. The van der Waals surface area contributed by atoms with E-state index in [0.717, 1.165) is 5.56 Å². The summed E-state index contributed by atoms with van der Waals surface area (Å²) < 4.78 is 19.6. The second-order valence-electron chi connectivity index (χ2n) is 9.28. The standard InChI is InChI=1S/C28H30ClFN2O3/c1-28(2,3)31-27(34)24(17-20-11-5-4-6-12-20)32(18-21-13-7-8-14-22(21)29)26(33)19-35-25-16-10-9-15-23(25)30/h4-16,24H,17-19H2,1-3H3,(H,31,34)/t24-/m1/s1. The Bertz CT molecular complexity index is 1150. The molecule has 2 amide bonds. The first-order valence-corrected chi connectivity index (χ1v) is 11.8. The lowest BCUT2D eigenvalue weighted by Crippen LogP contribution is -2.55. The number of ether oxygens (including phenoxy) is 1. The molecule has 0 saturated heterocycles. The van der Waals surface area contributed by atoms with Gasteiger partial charge in [0.25, 0.3) is 5.91 Å². The molecule has 0 bridgehead atoms. The Morgan fingerprint density at radius 1 is 0.971 bits per heavy atom. The highest BCUT2D eigenvalue weighted by Crippen LogP contribution is 2.22. The van der Waals surface area contributed by atoms with Crippen molar-refractivity contribution >= 4 is 23.4 Å². The Hall–Kier alpha value is -3.38. The fourth-order valence-electron chi connectivity index (χ4n) is 3.60. The molecule has 35 heavy (non-hydrogen) atoms. The number of amides is 2. The lowest BCUT2D eigenvalue weighted by atomic mass is 10.0. The van der Waals surface area contributed by atoms with Crippen LogP contribution in [0.5, 0.6) is 5.75 Å². The molecule has 3 aromatic rings. The molecule has 0 spiro atoms. The molecule has 0 unspecified atom stereocenters. The molecule has 0 aliphatic carbocycles. The average molecular weight is 497 g/mol. The number of rotatable bonds is 9. The van der Waals surface area contributed by atoms with Crippen molar-refractivity contribution in [3.05, 3.63) is 101 Å². The van der Waals surface area contributed by atoms with Gasteiger partial charge < -0.3 is 15.0 Å². The maximum atomic E-state index is 14.1. The zero-order chi connectivity index (χ0) is 25.4. The summed E-state index contributed by atoms with van der Waals surface area (Å²) in [7, 11) is 0. The Kier molecular flexibility index (Phi) is 8.88. The number of halogens is 2. The lowest BCUT2D eigenvalue weighted by Gasteiger charge is -2.34. The van der Waals surface area contributed by atoms with Gasteiger partial charge in [-0.15, -0.1) is 0 Å². The zero-order valence-corrected chi connectivity index (χ0v) is 20.9. The van der Waals surface area contributed by atoms with Crippen LogP contribution in [0.25, 0.3) is 0 Å². The highest BCUT2D eigenvalue weighted by Gasteiger charge is 2.32. The van der Waals surface area contributed by atoms with E-state index in [1.807, 2.05) is 63.2 Å². The maximum absolute atomic E-state index is 14.1. The van der Waals surface area contributed by atoms with Crippen molar-refractivity contribution in [2.45, 2.75) is 45.3 Å². The summed E-state index contributed by atoms with van der Waals surface area (Å²) in [4.78, 5) is 28.4. The number of carbonyl (C=O) groups is 2. The predicted octanol–water partition coefficient (Wildman–Crippen LogP) is 5.41. The van der Waals surface area contributed by atoms with Crippen molar-refractivity contribution in [2.24, 2.45) is 0 Å². The molecule has 0 heterocycles. The van der Waals surface area contributed by atoms with Crippen LogP contribution in [0, 0.1) is 5.82 Å². The minimum Gasteiger partial charge on any atom is -0.481 e. The molecular formula is C28H30ClFN2O3. The molecule has 0 saturated carbocycles. The minimum atomic E-state index is -0.843. The quantitative estimate of drug-likeness (QED) is 0.430. The summed E-state index contributed by atoms with van der Waals surface area (Å²) in [5.74, 6) is -1.35. The van der Waals surface area contributed by atoms with Crippen LogP contribution in [0.4, 0.5) is 4.39 Å². The van der Waals surface area contributed by atoms with Crippen LogP contribution in [0.1, 0.15) is 31.9 Å². The summed E-state index contributed by atoms with van der Waals surface area (Å²) in [6.45, 7) is 5.30. The third-order valence-corrected chi connectivity index (χ3v) is 5.62. The number of hydrogen-bond acceptors (Lipinski definition) is 3. The highest BCUT2D eigenvalue weighted by molar-refractivity contribution is 6.31. The molecule has 0 aromatic heterocycles. The SMILES string of the molecule is CC(C)(C)NC(=O)[C@@H](Cc1ccccc1)N(Cc1ccccc1Cl)C(=O)COc1ccccc1F. The Labute approximate surface area is 210 Å². The average Bonchev–Trinajstić information content (AvgIpc) is 2.81. The normalized spacial score (nSPS) is 12.0. The predicted molar refractivity (Wildman–Crippen MR) is 136 cm³/mol. The Morgan fingerprint density at radius 2 is 1.60 bits per heavy atom. The molecular weight excluding hydrogens is 467 g/mol. The number of nitrogens with zero attached hydrogens (tertiary/aromatic N) is 1. The van der Waals surface area contributed by atoms with E-state index in [0.29, 0.717) is 17.0 Å². The van der Waals surface area contributed by atoms with Crippen molar-refractivity contribution in [1.82, 2.24) is 10.2 Å². The van der Waals surface area contributed by atoms with E-state index in [-0.39, 0.29) is 18.2 Å². The smallest absolute Gasteiger partial charge is 0.261 e. The molecule has 7 heteroatoms. The van der Waals surface area contributed by atoms with Gasteiger partial charge in [-0.05, 0) is 50.1 Å². The summed E-state index contributed by atoms with van der Waals surface area (Å²) >= 11 is 6.40. The molecule has 3 rings (SSSR count). The van der Waals surface area contributed by atoms with E-state index < -0.39 is 29.9 Å². The van der Waals surface area contributed by atoms with Crippen molar-refractivity contribution < 1.29 is 18.7 Å². The van der Waals surface area contributed by atoms with Gasteiger partial charge in [0.05, 0.1) is 0 Å². The highest BCUT2D eigenvalue weighted by atomic mass is 35.5. The first-order valence-electron chi connectivity index (χ1n) is 11.4. The van der Waals surface area contributed by atoms with E-state index in [1.165, 1.54) is 17.0 Å². The molecule has 5 nitrogen and oxygen atoms in total. The van der Waals surface area contributed by atoms with Crippen LogP contribution in [0.3, 0.4) is 0 Å². The molecule has 1 N–H and O–H groups in total. The number of nitrogens with one attached hydrogen (secondary N) is 1. The van der Waals surface area contributed by atoms with E-state index in [2.05, 4.69) is 5.32 Å². The van der Waals surface area contributed by atoms with Gasteiger partial charge in [0.1, 0.15) is 6.04 Å². The monoisotopic (exact) mass is 496 g/mol. The first kappa shape index (κ1) is 26.2. The zero-order valence-electron chi connectivity index (χ0n) is 20.1. The van der Waals surface area contributed by atoms with Gasteiger partial charge in [-0.25, -0.2) is 4.39 Å². The summed E-state index contributed by atoms with van der Waals surface area (Å²) in [5.41, 5.74) is 1.08. The van der Waals surface area contributed by atoms with Gasteiger partial charge in [0, 0.05) is 23.5 Å². The van der Waals surface area contributed by atoms with Crippen molar-refractivity contribution in [1.29, 1.82) is 0 Å². The van der Waals surface area contributed by atoms with Gasteiger partial charge in [-0.3, -0.25) is 9.59 Å². The van der Waals surface area contributed by atoms with Gasteiger partial charge in [0.2, 0.25) is 5.91 Å². The van der Waals surface area contributed by atoms with Crippen molar-refractivity contribution in [2.75, 3.05) is 6.61 Å². The fraction of sp³-hybridized carbons (Fsp3) is 0.286. The van der Waals surface area contributed by atoms with Crippen molar-refractivity contribution in [3.8, 4) is 5.75 Å². The van der Waals surface area contributed by atoms with Crippen LogP contribution < -0.4 is 10.1 Å². The van der Waals surface area contributed by atoms with Crippen LogP contribution in [0.15, 0.2) is 78.9 Å². The van der Waals surface area contributed by atoms with Crippen LogP contribution in [0.2, 0.25) is 5.02 Å². The van der Waals surface area contributed by atoms with Crippen LogP contribution in [-0.2, 0) is 22.6 Å². The fourth-order valence-corrected chi connectivity index (χ4v) is 3.80. The number of carbonyl (C=O) groups excluding carboxylic acids is 2. The summed E-state index contributed by atoms with van der Waals surface area (Å²) in [6, 6.07) is 21.7. The first-order chi connectivity index (χ1) is 16.6. The Morgan fingerprint density at radius 3 is 2.26 bits per heavy atom. The van der Waals surface area contributed by atoms with E-state index in [1.54, 1.807) is 24.3 Å². The van der Waals surface area contributed by atoms with Gasteiger partial charge in [-0.2, -0.15) is 0 Å². The van der Waals surface area contributed by atoms with Crippen molar-refractivity contribution in [3.63, 3.8) is 0 Å². The molecule has 0 fully saturated rings. The van der Waals surface area contributed by atoms with E-state index >= 15 is 0 Å². The van der Waals surface area contributed by atoms with E-state index in [9.17, 15) is 14.0 Å². The molecule has 0 aliphatic rings. The third kappa shape index (κ3) is 7.82. The van der Waals surface area contributed by atoms with Gasteiger partial charge in [0.15, 0.2) is 18.2 Å². The van der Waals surface area contributed by atoms with Crippen LogP contribution >= 0.6 is 11.6 Å². The number of hydrogen-bond donors (Lipinski definition) is 1. The molecule has 1 atom stereocenters. The maximum Gasteiger partial charge on any atom is 0.261 e. The van der Waals surface area contributed by atoms with Gasteiger partial charge in [-0.1, -0.05) is 72.3 Å². The summed E-state index contributed by atoms with van der Waals surface area (Å²) in [5, 5.41) is 3.47. The largest absolute Gasteiger partial charge is 0.481 e. The molecule has 0 aliphatic heterocycles. The topological polar surface area (TPSA) is 58.6 Å². The van der Waals surface area contributed by atoms with Gasteiger partial charge >= 0.3 is 0 Å². The lowest BCUT2D eigenvalue weighted by molar-refractivity contribution is -0.143.